The summed E-state index contributed by atoms with van der Waals surface area (Å²) in [7, 11) is -4.74. The molecule has 0 aromatic carbocycles. The molecule has 0 aromatic rings. The highest BCUT2D eigenvalue weighted by atomic mass is 32.2. The smallest absolute Gasteiger partial charge is 0.336 e. The summed E-state index contributed by atoms with van der Waals surface area (Å²) in [6.45, 7) is 5.17. The van der Waals surface area contributed by atoms with Gasteiger partial charge in [-0.1, -0.05) is 32.9 Å². The third-order valence-electron chi connectivity index (χ3n) is 4.90. The Morgan fingerprint density at radius 2 is 1.68 bits per heavy atom. The summed E-state index contributed by atoms with van der Waals surface area (Å²) in [5.41, 5.74) is -1.71. The molecule has 0 aromatic heterocycles. The Labute approximate surface area is 146 Å². The van der Waals surface area contributed by atoms with Crippen molar-refractivity contribution in [2.24, 2.45) is 11.3 Å². The van der Waals surface area contributed by atoms with Crippen LogP contribution in [0.3, 0.4) is 0 Å². The third kappa shape index (κ3) is 2.64. The van der Waals surface area contributed by atoms with Crippen molar-refractivity contribution in [3.8, 4) is 0 Å². The van der Waals surface area contributed by atoms with E-state index in [9.17, 15) is 32.8 Å². The normalized spacial score (nSPS) is 32.0. The third-order valence-corrected chi connectivity index (χ3v) is 6.00. The van der Waals surface area contributed by atoms with Crippen LogP contribution in [-0.4, -0.2) is 40.4 Å². The maximum absolute atomic E-state index is 12.1. The minimum Gasteiger partial charge on any atom is -0.480 e. The monoisotopic (exact) mass is 370 g/mol. The zero-order chi connectivity index (χ0) is 19.2. The molecule has 0 heterocycles. The van der Waals surface area contributed by atoms with Crippen molar-refractivity contribution in [2.45, 2.75) is 45.3 Å². The van der Waals surface area contributed by atoms with E-state index in [1.165, 1.54) is 12.2 Å². The van der Waals surface area contributed by atoms with E-state index < -0.39 is 38.6 Å². The van der Waals surface area contributed by atoms with Gasteiger partial charge in [0.05, 0.1) is 5.57 Å². The number of allylic oxidation sites excluding steroid dienone is 2. The zero-order valence-corrected chi connectivity index (χ0v) is 15.1. The maximum Gasteiger partial charge on any atom is 0.336 e. The van der Waals surface area contributed by atoms with Gasteiger partial charge in [0.15, 0.2) is 0 Å². The zero-order valence-electron chi connectivity index (χ0n) is 14.3. The molecule has 2 rings (SSSR count). The first-order chi connectivity index (χ1) is 11.6. The fourth-order valence-corrected chi connectivity index (χ4v) is 5.29. The van der Waals surface area contributed by atoms with Crippen LogP contribution >= 0.6 is 0 Å². The van der Waals surface area contributed by atoms with Gasteiger partial charge in [-0.15, -0.1) is 0 Å². The second-order valence-corrected chi connectivity index (χ2v) is 7.70. The first-order valence-corrected chi connectivity index (χ1v) is 9.69. The van der Waals surface area contributed by atoms with E-state index in [2.05, 4.69) is 0 Å². The van der Waals surface area contributed by atoms with Gasteiger partial charge in [-0.3, -0.25) is 9.35 Å². The highest BCUT2D eigenvalue weighted by Crippen LogP contribution is 2.70. The summed E-state index contributed by atoms with van der Waals surface area (Å²) >= 11 is 0. The topological polar surface area (TPSA) is 129 Å². The number of hydrogen-bond acceptors (Lipinski definition) is 4. The van der Waals surface area contributed by atoms with E-state index in [1.54, 1.807) is 20.8 Å². The van der Waals surface area contributed by atoms with E-state index in [-0.39, 0.29) is 22.3 Å². The summed E-state index contributed by atoms with van der Waals surface area (Å²) in [6, 6.07) is 0. The standard InChI is InChI=1S/C17H22O7S/c1-4-7-9-12(15(18)19)13-10(6-3)17(13,16(20)21)11(8-5-2)14(9)25(22,23)24/h7-8,10,14H,4-6H2,1-3H3,(H,18,19)(H,20,21)(H,22,23,24). The lowest BCUT2D eigenvalue weighted by molar-refractivity contribution is -0.142. The predicted molar refractivity (Wildman–Crippen MR) is 90.6 cm³/mol. The van der Waals surface area contributed by atoms with E-state index in [4.69, 9.17) is 0 Å². The van der Waals surface area contributed by atoms with Crippen molar-refractivity contribution in [1.82, 2.24) is 0 Å². The highest BCUT2D eigenvalue weighted by Gasteiger charge is 2.73. The Bertz CT molecular complexity index is 816. The molecule has 2 aliphatic rings. The van der Waals surface area contributed by atoms with Crippen molar-refractivity contribution in [3.05, 3.63) is 34.4 Å². The fourth-order valence-electron chi connectivity index (χ4n) is 4.16. The molecule has 3 N–H and O–H groups in total. The Kier molecular flexibility index (Phi) is 4.98. The van der Waals surface area contributed by atoms with Crippen molar-refractivity contribution < 1.29 is 32.8 Å². The lowest BCUT2D eigenvalue weighted by Gasteiger charge is -2.30. The average Bonchev–Trinajstić information content (AvgIpc) is 3.16. The van der Waals surface area contributed by atoms with Gasteiger partial charge in [0, 0.05) is 5.92 Å². The van der Waals surface area contributed by atoms with Crippen LogP contribution in [0.2, 0.25) is 0 Å². The van der Waals surface area contributed by atoms with Gasteiger partial charge in [-0.2, -0.15) is 8.42 Å². The molecule has 1 saturated carbocycles. The van der Waals surface area contributed by atoms with E-state index in [1.807, 2.05) is 0 Å². The number of carboxylic acid groups (broad SMARTS) is 2. The maximum atomic E-state index is 12.1. The Hall–Kier alpha value is -1.93. The van der Waals surface area contributed by atoms with Crippen molar-refractivity contribution in [2.75, 3.05) is 0 Å². The van der Waals surface area contributed by atoms with Gasteiger partial charge in [0.25, 0.3) is 10.1 Å². The molecule has 138 valence electrons. The number of hydrogen-bond donors (Lipinski definition) is 3. The molecule has 0 saturated heterocycles. The number of carboxylic acids is 2. The molecule has 0 bridgehead atoms. The summed E-state index contributed by atoms with van der Waals surface area (Å²) in [5.74, 6) is -3.25. The van der Waals surface area contributed by atoms with Crippen LogP contribution in [0.4, 0.5) is 0 Å². The Morgan fingerprint density at radius 1 is 1.12 bits per heavy atom. The molecule has 1 fully saturated rings. The van der Waals surface area contributed by atoms with Gasteiger partial charge in [-0.25, -0.2) is 4.79 Å². The summed E-state index contributed by atoms with van der Waals surface area (Å²) in [4.78, 5) is 24.0. The van der Waals surface area contributed by atoms with Crippen LogP contribution in [0.25, 0.3) is 0 Å². The molecular weight excluding hydrogens is 348 g/mol. The summed E-state index contributed by atoms with van der Waals surface area (Å²) in [5, 5.41) is 17.9. The minimum atomic E-state index is -4.74. The van der Waals surface area contributed by atoms with Gasteiger partial charge in [0.2, 0.25) is 0 Å². The largest absolute Gasteiger partial charge is 0.480 e. The first kappa shape index (κ1) is 19.4. The van der Waals surface area contributed by atoms with Gasteiger partial charge in [0.1, 0.15) is 10.7 Å². The first-order valence-electron chi connectivity index (χ1n) is 8.19. The lowest BCUT2D eigenvalue weighted by Crippen LogP contribution is -2.38. The summed E-state index contributed by atoms with van der Waals surface area (Å²) in [6.07, 6.45) is 4.00. The number of carbonyl (C=O) groups is 2. The molecule has 3 atom stereocenters. The van der Waals surface area contributed by atoms with Crippen LogP contribution in [0.15, 0.2) is 34.4 Å². The Morgan fingerprint density at radius 3 is 2.04 bits per heavy atom. The van der Waals surface area contributed by atoms with Crippen molar-refractivity contribution >= 4 is 22.1 Å². The van der Waals surface area contributed by atoms with Gasteiger partial charge >= 0.3 is 11.9 Å². The van der Waals surface area contributed by atoms with E-state index >= 15 is 0 Å². The number of rotatable bonds is 6. The summed E-state index contributed by atoms with van der Waals surface area (Å²) < 4.78 is 34.0. The molecule has 2 aliphatic carbocycles. The van der Waals surface area contributed by atoms with Crippen LogP contribution in [0, 0.1) is 11.3 Å². The molecule has 8 heteroatoms. The van der Waals surface area contributed by atoms with E-state index in [0.717, 1.165) is 0 Å². The molecule has 3 unspecified atom stereocenters. The van der Waals surface area contributed by atoms with Crippen LogP contribution in [0.5, 0.6) is 0 Å². The van der Waals surface area contributed by atoms with Gasteiger partial charge < -0.3 is 10.2 Å². The molecule has 0 aliphatic heterocycles. The molecular formula is C17H22O7S. The minimum absolute atomic E-state index is 0.0416. The fraction of sp³-hybridized carbons (Fsp3) is 0.529. The number of aliphatic carboxylic acids is 2. The van der Waals surface area contributed by atoms with E-state index in [0.29, 0.717) is 19.3 Å². The van der Waals surface area contributed by atoms with Crippen LogP contribution in [0.1, 0.15) is 40.0 Å². The second kappa shape index (κ2) is 6.42. The quantitative estimate of drug-likeness (QED) is 0.483. The van der Waals surface area contributed by atoms with Crippen LogP contribution < -0.4 is 0 Å². The molecule has 0 spiro atoms. The molecule has 7 nitrogen and oxygen atoms in total. The number of fused-ring (bicyclic) bond motifs is 1. The Balaban J connectivity index is 2.99. The molecule has 0 amide bonds. The van der Waals surface area contributed by atoms with Crippen molar-refractivity contribution in [1.29, 1.82) is 0 Å². The second-order valence-electron chi connectivity index (χ2n) is 6.20. The predicted octanol–water partition coefficient (Wildman–Crippen LogP) is 2.42. The van der Waals surface area contributed by atoms with Crippen LogP contribution in [-0.2, 0) is 19.7 Å². The van der Waals surface area contributed by atoms with Crippen molar-refractivity contribution in [3.63, 3.8) is 0 Å². The van der Waals surface area contributed by atoms with Gasteiger partial charge in [-0.05, 0) is 36.0 Å². The molecule has 25 heavy (non-hydrogen) atoms. The average molecular weight is 370 g/mol. The molecule has 0 radical (unpaired) electrons. The lowest BCUT2D eigenvalue weighted by atomic mass is 9.79. The highest BCUT2D eigenvalue weighted by molar-refractivity contribution is 7.86. The SMILES string of the molecule is CCC=C1C(C(=O)O)=C2C(CC)C2(C(=O)O)C(=CCC)C1S(=O)(=O)O.